The quantitative estimate of drug-likeness (QED) is 0.300. The van der Waals surface area contributed by atoms with Crippen LogP contribution in [0.1, 0.15) is 42.7 Å². The van der Waals surface area contributed by atoms with Crippen molar-refractivity contribution in [2.24, 2.45) is 5.92 Å². The number of nitrogens with one attached hydrogen (secondary N) is 3. The summed E-state index contributed by atoms with van der Waals surface area (Å²) in [6, 6.07) is 19.1. The highest BCUT2D eigenvalue weighted by Gasteiger charge is 2.36. The number of benzene rings is 3. The Hall–Kier alpha value is -4.33. The number of carbonyl (C=O) groups is 1. The number of hydrogen-bond donors (Lipinski definition) is 3. The standard InChI is InChI=1S/C29H28N4O4/c1-17-8-12-20(13-9-17)30-28(34)31-25-16-19(15-24-21(18-10-11-18)7-4-14-36-26(24)25)22-5-2-3-6-23(22)27-32-29(35)37-33-27/h2-3,5-6,8-9,12-13,15-16,18,21H,4,7,10-11,14H2,1H3,(H2,30,31,34)(H,32,33,35). The summed E-state index contributed by atoms with van der Waals surface area (Å²) >= 11 is 0. The molecule has 2 amide bonds. The van der Waals surface area contributed by atoms with Crippen LogP contribution in [0.4, 0.5) is 16.2 Å². The number of aromatic nitrogens is 2. The van der Waals surface area contributed by atoms with Gasteiger partial charge in [-0.3, -0.25) is 9.51 Å². The molecule has 8 nitrogen and oxygen atoms in total. The second-order valence-electron chi connectivity index (χ2n) is 9.81. The van der Waals surface area contributed by atoms with Crippen LogP contribution in [0.3, 0.4) is 0 Å². The van der Waals surface area contributed by atoms with E-state index in [0.29, 0.717) is 35.6 Å². The maximum Gasteiger partial charge on any atom is 0.439 e. The molecule has 188 valence electrons. The topological polar surface area (TPSA) is 109 Å². The van der Waals surface area contributed by atoms with Crippen molar-refractivity contribution < 1.29 is 14.1 Å². The fraction of sp³-hybridized carbons (Fsp3) is 0.276. The van der Waals surface area contributed by atoms with E-state index in [1.807, 2.05) is 61.5 Å². The number of hydrogen-bond acceptors (Lipinski definition) is 5. The van der Waals surface area contributed by atoms with Crippen molar-refractivity contribution in [3.8, 4) is 28.3 Å². The Balaban J connectivity index is 1.43. The third-order valence-electron chi connectivity index (χ3n) is 7.11. The van der Waals surface area contributed by atoms with Gasteiger partial charge in [0.05, 0.1) is 12.3 Å². The molecule has 37 heavy (non-hydrogen) atoms. The molecule has 3 aromatic carbocycles. The molecule has 0 spiro atoms. The van der Waals surface area contributed by atoms with Gasteiger partial charge in [-0.1, -0.05) is 47.1 Å². The molecule has 4 aromatic rings. The molecule has 1 aliphatic heterocycles. The second-order valence-corrected chi connectivity index (χ2v) is 9.81. The van der Waals surface area contributed by atoms with Gasteiger partial charge in [-0.05, 0) is 79.8 Å². The third kappa shape index (κ3) is 4.87. The fourth-order valence-corrected chi connectivity index (χ4v) is 5.17. The van der Waals surface area contributed by atoms with E-state index in [2.05, 4.69) is 26.8 Å². The lowest BCUT2D eigenvalue weighted by Gasteiger charge is -2.21. The minimum Gasteiger partial charge on any atom is -0.491 e. The highest BCUT2D eigenvalue weighted by atomic mass is 16.5. The number of fused-ring (bicyclic) bond motifs is 1. The first-order chi connectivity index (χ1) is 18.0. The highest BCUT2D eigenvalue weighted by molar-refractivity contribution is 6.01. The molecule has 1 aliphatic carbocycles. The molecule has 2 heterocycles. The van der Waals surface area contributed by atoms with E-state index in [-0.39, 0.29) is 6.03 Å². The molecule has 1 saturated carbocycles. The van der Waals surface area contributed by atoms with E-state index in [1.54, 1.807) is 0 Å². The normalized spacial score (nSPS) is 16.8. The highest BCUT2D eigenvalue weighted by Crippen LogP contribution is 2.51. The Labute approximate surface area is 214 Å². The number of H-pyrrole nitrogens is 1. The molecular formula is C29H28N4O4. The Morgan fingerprint density at radius 2 is 1.78 bits per heavy atom. The SMILES string of the molecule is Cc1ccc(NC(=O)Nc2cc(-c3ccccc3-c3noc(=O)[nH]3)cc3c2OCCCC3C2CC2)cc1. The Bertz CT molecular complexity index is 1500. The molecule has 0 radical (unpaired) electrons. The predicted molar refractivity (Wildman–Crippen MR) is 142 cm³/mol. The van der Waals surface area contributed by atoms with Crippen molar-refractivity contribution in [2.75, 3.05) is 17.2 Å². The Morgan fingerprint density at radius 1 is 1.00 bits per heavy atom. The predicted octanol–water partition coefficient (Wildman–Crippen LogP) is 6.32. The number of carbonyl (C=O) groups excluding carboxylic acids is 1. The van der Waals surface area contributed by atoms with Gasteiger partial charge in [0.2, 0.25) is 0 Å². The minimum atomic E-state index is -0.607. The maximum absolute atomic E-state index is 13.1. The summed E-state index contributed by atoms with van der Waals surface area (Å²) in [5.41, 5.74) is 6.08. The average molecular weight is 497 g/mol. The van der Waals surface area contributed by atoms with E-state index in [4.69, 9.17) is 9.26 Å². The first-order valence-electron chi connectivity index (χ1n) is 12.7. The van der Waals surface area contributed by atoms with Crippen LogP contribution in [-0.2, 0) is 0 Å². The summed E-state index contributed by atoms with van der Waals surface area (Å²) in [4.78, 5) is 27.4. The molecule has 8 heteroatoms. The third-order valence-corrected chi connectivity index (χ3v) is 7.11. The fourth-order valence-electron chi connectivity index (χ4n) is 5.17. The van der Waals surface area contributed by atoms with Crippen molar-refractivity contribution in [3.63, 3.8) is 0 Å². The van der Waals surface area contributed by atoms with Gasteiger partial charge in [0.25, 0.3) is 0 Å². The van der Waals surface area contributed by atoms with Crippen LogP contribution in [0.5, 0.6) is 5.75 Å². The summed E-state index contributed by atoms with van der Waals surface area (Å²) in [7, 11) is 0. The van der Waals surface area contributed by atoms with Crippen molar-refractivity contribution in [3.05, 3.63) is 82.3 Å². The van der Waals surface area contributed by atoms with Crippen LogP contribution in [-0.4, -0.2) is 22.8 Å². The number of rotatable bonds is 5. The first-order valence-corrected chi connectivity index (χ1v) is 12.7. The lowest BCUT2D eigenvalue weighted by atomic mass is 9.86. The van der Waals surface area contributed by atoms with E-state index < -0.39 is 5.76 Å². The number of nitrogens with zero attached hydrogens (tertiary/aromatic N) is 1. The van der Waals surface area contributed by atoms with Crippen LogP contribution in [0, 0.1) is 12.8 Å². The molecule has 1 aromatic heterocycles. The summed E-state index contributed by atoms with van der Waals surface area (Å²) in [6.45, 7) is 2.62. The maximum atomic E-state index is 13.1. The van der Waals surface area contributed by atoms with Gasteiger partial charge in [-0.15, -0.1) is 0 Å². The number of ether oxygens (including phenoxy) is 1. The average Bonchev–Trinajstić information content (AvgIpc) is 3.68. The smallest absolute Gasteiger partial charge is 0.439 e. The first kappa shape index (κ1) is 23.1. The van der Waals surface area contributed by atoms with Gasteiger partial charge in [0, 0.05) is 16.8 Å². The second kappa shape index (κ2) is 9.61. The molecule has 1 atom stereocenters. The van der Waals surface area contributed by atoms with Gasteiger partial charge in [0.15, 0.2) is 5.82 Å². The van der Waals surface area contributed by atoms with Gasteiger partial charge in [0.1, 0.15) is 5.75 Å². The zero-order valence-corrected chi connectivity index (χ0v) is 20.5. The molecule has 6 rings (SSSR count). The molecular weight excluding hydrogens is 468 g/mol. The monoisotopic (exact) mass is 496 g/mol. The lowest BCUT2D eigenvalue weighted by molar-refractivity contribution is 0.262. The molecule has 1 fully saturated rings. The Morgan fingerprint density at radius 3 is 2.51 bits per heavy atom. The van der Waals surface area contributed by atoms with Gasteiger partial charge >= 0.3 is 11.8 Å². The number of aromatic amines is 1. The van der Waals surface area contributed by atoms with E-state index in [0.717, 1.165) is 46.4 Å². The molecule has 3 N–H and O–H groups in total. The van der Waals surface area contributed by atoms with Crippen molar-refractivity contribution in [2.45, 2.75) is 38.5 Å². The van der Waals surface area contributed by atoms with Crippen molar-refractivity contribution >= 4 is 17.4 Å². The molecule has 1 unspecified atom stereocenters. The van der Waals surface area contributed by atoms with Gasteiger partial charge < -0.3 is 15.4 Å². The van der Waals surface area contributed by atoms with Crippen LogP contribution >= 0.6 is 0 Å². The summed E-state index contributed by atoms with van der Waals surface area (Å²) in [6.07, 6.45) is 4.44. The van der Waals surface area contributed by atoms with Gasteiger partial charge in [-0.2, -0.15) is 0 Å². The summed E-state index contributed by atoms with van der Waals surface area (Å²) in [5.74, 6) is 1.50. The van der Waals surface area contributed by atoms with Crippen LogP contribution in [0.2, 0.25) is 0 Å². The van der Waals surface area contributed by atoms with E-state index in [1.165, 1.54) is 12.8 Å². The number of anilines is 2. The number of amides is 2. The summed E-state index contributed by atoms with van der Waals surface area (Å²) in [5, 5.41) is 9.87. The van der Waals surface area contributed by atoms with Crippen LogP contribution < -0.4 is 21.1 Å². The summed E-state index contributed by atoms with van der Waals surface area (Å²) < 4.78 is 11.0. The van der Waals surface area contributed by atoms with E-state index >= 15 is 0 Å². The largest absolute Gasteiger partial charge is 0.491 e. The Kier molecular flexibility index (Phi) is 6.00. The lowest BCUT2D eigenvalue weighted by Crippen LogP contribution is -2.20. The van der Waals surface area contributed by atoms with Crippen LogP contribution in [0.15, 0.2) is 70.0 Å². The number of aryl methyl sites for hydroxylation is 1. The van der Waals surface area contributed by atoms with Gasteiger partial charge in [-0.25, -0.2) is 9.59 Å². The van der Waals surface area contributed by atoms with Crippen molar-refractivity contribution in [1.82, 2.24) is 10.1 Å². The zero-order valence-electron chi connectivity index (χ0n) is 20.5. The number of urea groups is 1. The van der Waals surface area contributed by atoms with Crippen molar-refractivity contribution in [1.29, 1.82) is 0 Å². The minimum absolute atomic E-state index is 0.340. The van der Waals surface area contributed by atoms with E-state index in [9.17, 15) is 9.59 Å². The van der Waals surface area contributed by atoms with Crippen LogP contribution in [0.25, 0.3) is 22.5 Å². The molecule has 2 aliphatic rings. The zero-order chi connectivity index (χ0) is 25.4. The molecule has 0 saturated heterocycles. The molecule has 0 bridgehead atoms.